The van der Waals surface area contributed by atoms with E-state index in [9.17, 15) is 8.42 Å². The molecule has 1 aromatic heterocycles. The van der Waals surface area contributed by atoms with E-state index in [4.69, 9.17) is 0 Å². The number of rotatable bonds is 6. The monoisotopic (exact) mass is 456 g/mol. The molecule has 124 valence electrons. The summed E-state index contributed by atoms with van der Waals surface area (Å²) in [6.07, 6.45) is 6.26. The molecular formula is C13H21IN4O2S2. The third-order valence-corrected chi connectivity index (χ3v) is 5.90. The molecule has 0 saturated carbocycles. The number of halogens is 1. The predicted octanol–water partition coefficient (Wildman–Crippen LogP) is 1.53. The fourth-order valence-corrected chi connectivity index (χ4v) is 4.05. The first-order chi connectivity index (χ1) is 10.1. The van der Waals surface area contributed by atoms with E-state index in [1.54, 1.807) is 24.6 Å². The molecule has 3 N–H and O–H groups in total. The van der Waals surface area contributed by atoms with Crippen LogP contribution in [0.3, 0.4) is 0 Å². The molecule has 0 spiro atoms. The van der Waals surface area contributed by atoms with Crippen LogP contribution in [0.5, 0.6) is 0 Å². The van der Waals surface area contributed by atoms with Crippen molar-refractivity contribution in [2.75, 3.05) is 20.1 Å². The van der Waals surface area contributed by atoms with Crippen molar-refractivity contribution in [2.45, 2.75) is 23.1 Å². The molecule has 0 saturated heterocycles. The first kappa shape index (κ1) is 19.4. The second-order valence-corrected chi connectivity index (χ2v) is 7.55. The van der Waals surface area contributed by atoms with Crippen LogP contribution in [0.15, 0.2) is 38.9 Å². The summed E-state index contributed by atoms with van der Waals surface area (Å²) in [6.45, 7) is 0.786. The van der Waals surface area contributed by atoms with Crippen LogP contribution in [0.2, 0.25) is 0 Å². The van der Waals surface area contributed by atoms with Gasteiger partial charge in [0.25, 0.3) is 0 Å². The Hall–Kier alpha value is -0.650. The number of nitrogens with one attached hydrogen (secondary N) is 3. The average molecular weight is 456 g/mol. The van der Waals surface area contributed by atoms with E-state index in [0.717, 1.165) is 12.8 Å². The third kappa shape index (κ3) is 5.86. The number of hydrogen-bond acceptors (Lipinski definition) is 4. The van der Waals surface area contributed by atoms with Gasteiger partial charge in [0.15, 0.2) is 5.96 Å². The zero-order valence-corrected chi connectivity index (χ0v) is 16.2. The summed E-state index contributed by atoms with van der Waals surface area (Å²) in [6, 6.07) is 3.69. The van der Waals surface area contributed by atoms with Gasteiger partial charge in [-0.15, -0.1) is 35.3 Å². The Kier molecular flexibility index (Phi) is 8.36. The highest BCUT2D eigenvalue weighted by Gasteiger charge is 2.14. The molecule has 0 aliphatic heterocycles. The number of sulfonamides is 1. The Morgan fingerprint density at radius 2 is 2.09 bits per heavy atom. The van der Waals surface area contributed by atoms with Crippen LogP contribution in [-0.4, -0.2) is 40.6 Å². The van der Waals surface area contributed by atoms with E-state index in [1.807, 2.05) is 0 Å². The largest absolute Gasteiger partial charge is 0.355 e. The summed E-state index contributed by atoms with van der Waals surface area (Å²) in [4.78, 5) is 4.13. The second-order valence-electron chi connectivity index (χ2n) is 4.61. The molecule has 0 aromatic carbocycles. The second kappa shape index (κ2) is 9.48. The van der Waals surface area contributed by atoms with Gasteiger partial charge in [0, 0.05) is 26.2 Å². The summed E-state index contributed by atoms with van der Waals surface area (Å²) < 4.78 is 26.7. The first-order valence-corrected chi connectivity index (χ1v) is 9.13. The number of aliphatic imine (C=N–C) groups is 1. The van der Waals surface area contributed by atoms with Gasteiger partial charge < -0.3 is 10.6 Å². The van der Waals surface area contributed by atoms with Gasteiger partial charge in [-0.05, 0) is 24.3 Å². The van der Waals surface area contributed by atoms with E-state index in [1.165, 1.54) is 11.3 Å². The van der Waals surface area contributed by atoms with Crippen molar-refractivity contribution in [3.8, 4) is 0 Å². The van der Waals surface area contributed by atoms with E-state index < -0.39 is 10.0 Å². The van der Waals surface area contributed by atoms with Crippen molar-refractivity contribution >= 4 is 51.3 Å². The molecular weight excluding hydrogens is 435 g/mol. The number of thiophene rings is 1. The van der Waals surface area contributed by atoms with Crippen LogP contribution in [0, 0.1) is 0 Å². The normalized spacial score (nSPS) is 15.6. The zero-order chi connectivity index (χ0) is 15.1. The molecule has 0 bridgehead atoms. The smallest absolute Gasteiger partial charge is 0.250 e. The topological polar surface area (TPSA) is 82.6 Å². The summed E-state index contributed by atoms with van der Waals surface area (Å²) >= 11 is 1.21. The van der Waals surface area contributed by atoms with Crippen molar-refractivity contribution < 1.29 is 8.42 Å². The number of nitrogens with zero attached hydrogens (tertiary/aromatic N) is 1. The maximum atomic E-state index is 11.9. The van der Waals surface area contributed by atoms with E-state index >= 15 is 0 Å². The van der Waals surface area contributed by atoms with Crippen molar-refractivity contribution in [1.82, 2.24) is 15.4 Å². The minimum atomic E-state index is -3.39. The molecule has 0 fully saturated rings. The summed E-state index contributed by atoms with van der Waals surface area (Å²) in [7, 11) is -1.68. The van der Waals surface area contributed by atoms with Crippen LogP contribution in [0.25, 0.3) is 0 Å². The number of guanidine groups is 1. The van der Waals surface area contributed by atoms with Gasteiger partial charge in [-0.3, -0.25) is 4.99 Å². The molecule has 0 radical (unpaired) electrons. The minimum Gasteiger partial charge on any atom is -0.355 e. The van der Waals surface area contributed by atoms with Gasteiger partial charge in [0.1, 0.15) is 4.21 Å². The Labute approximate surface area is 152 Å². The molecule has 1 heterocycles. The van der Waals surface area contributed by atoms with Gasteiger partial charge in [-0.1, -0.05) is 18.2 Å². The van der Waals surface area contributed by atoms with Crippen LogP contribution in [0.4, 0.5) is 0 Å². The van der Waals surface area contributed by atoms with Gasteiger partial charge >= 0.3 is 0 Å². The first-order valence-electron chi connectivity index (χ1n) is 6.77. The lowest BCUT2D eigenvalue weighted by molar-refractivity contribution is 0.581. The fraction of sp³-hybridized carbons (Fsp3) is 0.462. The fourth-order valence-electron chi connectivity index (χ4n) is 1.98. The van der Waals surface area contributed by atoms with Crippen LogP contribution >= 0.6 is 35.3 Å². The summed E-state index contributed by atoms with van der Waals surface area (Å²) in [5.41, 5.74) is 0. The third-order valence-electron chi connectivity index (χ3n) is 3.04. The molecule has 6 nitrogen and oxygen atoms in total. The zero-order valence-electron chi connectivity index (χ0n) is 12.3. The van der Waals surface area contributed by atoms with Crippen LogP contribution < -0.4 is 15.4 Å². The highest BCUT2D eigenvalue weighted by Crippen LogP contribution is 2.14. The highest BCUT2D eigenvalue weighted by molar-refractivity contribution is 14.0. The lowest BCUT2D eigenvalue weighted by atomic mass is 10.2. The Bertz CT molecular complexity index is 592. The van der Waals surface area contributed by atoms with E-state index in [0.29, 0.717) is 29.3 Å². The van der Waals surface area contributed by atoms with E-state index in [-0.39, 0.29) is 24.0 Å². The number of hydrogen-bond donors (Lipinski definition) is 3. The van der Waals surface area contributed by atoms with Crippen molar-refractivity contribution in [3.63, 3.8) is 0 Å². The van der Waals surface area contributed by atoms with Crippen LogP contribution in [-0.2, 0) is 10.0 Å². The summed E-state index contributed by atoms with van der Waals surface area (Å²) in [5, 5.41) is 8.14. The molecule has 0 unspecified atom stereocenters. The minimum absolute atomic E-state index is 0. The standard InChI is InChI=1S/C13H20N4O2S2.HI/c1-14-13(17-11-5-2-3-6-11)15-8-9-16-21(18,19)12-7-4-10-20-12;/h2-4,7,10-11,16H,5-6,8-9H2,1H3,(H2,14,15,17);1H. The quantitative estimate of drug-likeness (QED) is 0.199. The molecule has 1 aliphatic rings. The molecule has 9 heteroatoms. The lowest BCUT2D eigenvalue weighted by Gasteiger charge is -2.16. The molecule has 22 heavy (non-hydrogen) atoms. The maximum absolute atomic E-state index is 11.9. The van der Waals surface area contributed by atoms with E-state index in [2.05, 4.69) is 32.5 Å². The van der Waals surface area contributed by atoms with Crippen molar-refractivity contribution in [1.29, 1.82) is 0 Å². The lowest BCUT2D eigenvalue weighted by Crippen LogP contribution is -2.44. The van der Waals surface area contributed by atoms with Gasteiger partial charge in [0.05, 0.1) is 0 Å². The maximum Gasteiger partial charge on any atom is 0.250 e. The molecule has 0 atom stereocenters. The molecule has 1 aromatic rings. The highest BCUT2D eigenvalue weighted by atomic mass is 127. The predicted molar refractivity (Wildman–Crippen MR) is 102 cm³/mol. The molecule has 2 rings (SSSR count). The van der Waals surface area contributed by atoms with Gasteiger partial charge in [0.2, 0.25) is 10.0 Å². The van der Waals surface area contributed by atoms with Gasteiger partial charge in [-0.2, -0.15) is 0 Å². The Morgan fingerprint density at radius 1 is 1.36 bits per heavy atom. The van der Waals surface area contributed by atoms with Gasteiger partial charge in [-0.25, -0.2) is 13.1 Å². The Balaban J connectivity index is 0.00000242. The van der Waals surface area contributed by atoms with Crippen molar-refractivity contribution in [3.05, 3.63) is 29.7 Å². The Morgan fingerprint density at radius 3 is 2.68 bits per heavy atom. The summed E-state index contributed by atoms with van der Waals surface area (Å²) in [5.74, 6) is 0.694. The van der Waals surface area contributed by atoms with Crippen LogP contribution in [0.1, 0.15) is 12.8 Å². The average Bonchev–Trinajstić information content (AvgIpc) is 3.14. The van der Waals surface area contributed by atoms with Crippen molar-refractivity contribution in [2.24, 2.45) is 4.99 Å². The SMILES string of the molecule is CN=C(NCCNS(=O)(=O)c1cccs1)NC1CC=CC1.I. The molecule has 1 aliphatic carbocycles. The molecule has 0 amide bonds.